The van der Waals surface area contributed by atoms with Gasteiger partial charge in [0.1, 0.15) is 21.6 Å². The minimum Gasteiger partial charge on any atom is -0.464 e. The van der Waals surface area contributed by atoms with E-state index in [1.165, 1.54) is 0 Å². The van der Waals surface area contributed by atoms with Crippen molar-refractivity contribution in [3.8, 4) is 0 Å². The number of carbonyl (C=O) groups excluding carboxylic acids is 1. The van der Waals surface area contributed by atoms with Gasteiger partial charge in [-0.15, -0.1) is 0 Å². The third kappa shape index (κ3) is 4.91. The Morgan fingerprint density at radius 2 is 1.70 bits per heavy atom. The van der Waals surface area contributed by atoms with Gasteiger partial charge in [0.05, 0.1) is 0 Å². The number of hydrogen-bond acceptors (Lipinski definition) is 3. The molecule has 2 rings (SSSR count). The lowest BCUT2D eigenvalue weighted by atomic mass is 10.0. The first-order chi connectivity index (χ1) is 12.8. The van der Waals surface area contributed by atoms with E-state index in [4.69, 9.17) is 4.42 Å². The molecule has 2 aromatic rings. The van der Waals surface area contributed by atoms with E-state index < -0.39 is 5.91 Å². The fraction of sp³-hybridized carbons (Fsp3) is 0.429. The molecule has 0 bridgehead atoms. The first-order valence-electron chi connectivity index (χ1n) is 9.28. The largest absolute Gasteiger partial charge is 0.464 e. The van der Waals surface area contributed by atoms with Crippen LogP contribution in [0.2, 0.25) is 0 Å². The van der Waals surface area contributed by atoms with Crippen LogP contribution in [0.5, 0.6) is 0 Å². The summed E-state index contributed by atoms with van der Waals surface area (Å²) < 4.78 is 7.08. The average molecular weight is 499 g/mol. The second kappa shape index (κ2) is 9.69. The molecular weight excluding hydrogens is 474 g/mol. The predicted octanol–water partition coefficient (Wildman–Crippen LogP) is 6.19. The fourth-order valence-corrected chi connectivity index (χ4v) is 3.87. The van der Waals surface area contributed by atoms with Gasteiger partial charge in [0.2, 0.25) is 5.43 Å². The molecule has 0 aliphatic carbocycles. The Bertz CT molecular complexity index is 878. The van der Waals surface area contributed by atoms with Crippen LogP contribution in [0, 0.1) is 6.92 Å². The number of nitrogens with one attached hydrogen (secondary N) is 1. The minimum absolute atomic E-state index is 0.0907. The van der Waals surface area contributed by atoms with Gasteiger partial charge in [-0.05, 0) is 65.4 Å². The van der Waals surface area contributed by atoms with E-state index in [0.717, 1.165) is 47.0 Å². The zero-order valence-corrected chi connectivity index (χ0v) is 19.3. The number of unbranched alkanes of at least 4 members (excludes halogenated alkanes) is 1. The van der Waals surface area contributed by atoms with Crippen LogP contribution in [0.4, 0.5) is 5.69 Å². The van der Waals surface area contributed by atoms with Crippen molar-refractivity contribution < 1.29 is 9.21 Å². The van der Waals surface area contributed by atoms with E-state index in [0.29, 0.717) is 22.4 Å². The number of aryl methyl sites for hydroxylation is 4. The summed E-state index contributed by atoms with van der Waals surface area (Å²) in [5, 5.41) is 2.99. The van der Waals surface area contributed by atoms with E-state index in [1.807, 2.05) is 26.0 Å². The SMILES string of the molecule is CCCCc1oc(C)c(Br)c(=O)c1C(=O)Nc1c(CC)cc(Br)cc1CC. The molecule has 0 atom stereocenters. The molecule has 0 spiro atoms. The van der Waals surface area contributed by atoms with Crippen LogP contribution in [0.15, 0.2) is 30.3 Å². The quantitative estimate of drug-likeness (QED) is 0.494. The fourth-order valence-electron chi connectivity index (χ4n) is 3.04. The van der Waals surface area contributed by atoms with Crippen LogP contribution in [0.3, 0.4) is 0 Å². The van der Waals surface area contributed by atoms with Crippen molar-refractivity contribution in [1.29, 1.82) is 0 Å². The molecule has 0 unspecified atom stereocenters. The van der Waals surface area contributed by atoms with E-state index in [1.54, 1.807) is 6.92 Å². The van der Waals surface area contributed by atoms with Crippen LogP contribution < -0.4 is 10.7 Å². The van der Waals surface area contributed by atoms with Crippen LogP contribution in [0.25, 0.3) is 0 Å². The van der Waals surface area contributed by atoms with Crippen molar-refractivity contribution in [2.75, 3.05) is 5.32 Å². The number of amides is 1. The lowest BCUT2D eigenvalue weighted by molar-refractivity contribution is 0.102. The molecular formula is C21H25Br2NO3. The van der Waals surface area contributed by atoms with Gasteiger partial charge in [-0.2, -0.15) is 0 Å². The molecule has 0 aliphatic heterocycles. The lowest BCUT2D eigenvalue weighted by Gasteiger charge is -2.16. The van der Waals surface area contributed by atoms with Crippen molar-refractivity contribution in [1.82, 2.24) is 0 Å². The highest BCUT2D eigenvalue weighted by Gasteiger charge is 2.23. The number of hydrogen-bond donors (Lipinski definition) is 1. The average Bonchev–Trinajstić information content (AvgIpc) is 2.65. The Morgan fingerprint density at radius 3 is 2.22 bits per heavy atom. The molecule has 1 N–H and O–H groups in total. The molecule has 1 aromatic heterocycles. The summed E-state index contributed by atoms with van der Waals surface area (Å²) in [6.45, 7) is 7.87. The van der Waals surface area contributed by atoms with Gasteiger partial charge in [0, 0.05) is 16.6 Å². The van der Waals surface area contributed by atoms with E-state index >= 15 is 0 Å². The number of anilines is 1. The maximum absolute atomic E-state index is 13.1. The molecule has 27 heavy (non-hydrogen) atoms. The van der Waals surface area contributed by atoms with Crippen molar-refractivity contribution in [2.24, 2.45) is 0 Å². The van der Waals surface area contributed by atoms with Crippen molar-refractivity contribution >= 4 is 43.5 Å². The Morgan fingerprint density at radius 1 is 1.11 bits per heavy atom. The van der Waals surface area contributed by atoms with Gasteiger partial charge in [0.15, 0.2) is 0 Å². The molecule has 1 amide bonds. The third-order valence-corrected chi connectivity index (χ3v) is 5.92. The number of halogens is 2. The summed E-state index contributed by atoms with van der Waals surface area (Å²) in [5.74, 6) is 0.533. The van der Waals surface area contributed by atoms with Crippen LogP contribution in [-0.4, -0.2) is 5.91 Å². The molecule has 0 radical (unpaired) electrons. The molecule has 0 saturated carbocycles. The van der Waals surface area contributed by atoms with E-state index in [-0.39, 0.29) is 11.0 Å². The Hall–Kier alpha value is -1.40. The van der Waals surface area contributed by atoms with Crippen LogP contribution >= 0.6 is 31.9 Å². The summed E-state index contributed by atoms with van der Waals surface area (Å²) in [4.78, 5) is 25.9. The summed E-state index contributed by atoms with van der Waals surface area (Å²) in [7, 11) is 0. The second-order valence-electron chi connectivity index (χ2n) is 6.46. The number of rotatable bonds is 7. The summed E-state index contributed by atoms with van der Waals surface area (Å²) >= 11 is 6.78. The lowest BCUT2D eigenvalue weighted by Crippen LogP contribution is -2.26. The molecule has 1 heterocycles. The van der Waals surface area contributed by atoms with E-state index in [9.17, 15) is 9.59 Å². The molecule has 0 aliphatic rings. The summed E-state index contributed by atoms with van der Waals surface area (Å²) in [6, 6.07) is 4.00. The van der Waals surface area contributed by atoms with Gasteiger partial charge >= 0.3 is 0 Å². The van der Waals surface area contributed by atoms with Crippen LogP contribution in [-0.2, 0) is 19.3 Å². The summed E-state index contributed by atoms with van der Waals surface area (Å²) in [6.07, 6.45) is 3.91. The maximum Gasteiger partial charge on any atom is 0.263 e. The Balaban J connectivity index is 2.54. The van der Waals surface area contributed by atoms with Gasteiger partial charge in [-0.25, -0.2) is 0 Å². The number of benzene rings is 1. The van der Waals surface area contributed by atoms with Crippen molar-refractivity contribution in [3.05, 3.63) is 59.5 Å². The third-order valence-electron chi connectivity index (χ3n) is 4.54. The zero-order valence-electron chi connectivity index (χ0n) is 16.2. The molecule has 0 fully saturated rings. The highest BCUT2D eigenvalue weighted by molar-refractivity contribution is 9.10. The highest BCUT2D eigenvalue weighted by atomic mass is 79.9. The minimum atomic E-state index is -0.415. The normalized spacial score (nSPS) is 10.9. The van der Waals surface area contributed by atoms with Gasteiger partial charge in [-0.3, -0.25) is 9.59 Å². The highest BCUT2D eigenvalue weighted by Crippen LogP contribution is 2.28. The first-order valence-corrected chi connectivity index (χ1v) is 10.9. The maximum atomic E-state index is 13.1. The number of carbonyl (C=O) groups is 1. The molecule has 4 nitrogen and oxygen atoms in total. The Kier molecular flexibility index (Phi) is 7.86. The van der Waals surface area contributed by atoms with Gasteiger partial charge in [0.25, 0.3) is 5.91 Å². The van der Waals surface area contributed by atoms with Crippen molar-refractivity contribution in [3.63, 3.8) is 0 Å². The van der Waals surface area contributed by atoms with Gasteiger partial charge in [-0.1, -0.05) is 43.1 Å². The first kappa shape index (κ1) is 21.9. The standard InChI is InChI=1S/C21H25Br2NO3/c1-5-8-9-16-17(20(25)18(23)12(4)27-16)21(26)24-19-13(6-2)10-15(22)11-14(19)7-3/h10-11H,5-9H2,1-4H3,(H,24,26). The summed E-state index contributed by atoms with van der Waals surface area (Å²) in [5.41, 5.74) is 2.61. The topological polar surface area (TPSA) is 59.3 Å². The predicted molar refractivity (Wildman–Crippen MR) is 117 cm³/mol. The molecule has 146 valence electrons. The second-order valence-corrected chi connectivity index (χ2v) is 8.17. The molecule has 0 saturated heterocycles. The van der Waals surface area contributed by atoms with Crippen LogP contribution in [0.1, 0.15) is 66.6 Å². The zero-order chi connectivity index (χ0) is 20.1. The van der Waals surface area contributed by atoms with Crippen molar-refractivity contribution in [2.45, 2.75) is 59.8 Å². The monoisotopic (exact) mass is 497 g/mol. The molecule has 1 aromatic carbocycles. The molecule has 6 heteroatoms. The Labute approximate surface area is 177 Å². The smallest absolute Gasteiger partial charge is 0.263 e. The van der Waals surface area contributed by atoms with Gasteiger partial charge < -0.3 is 9.73 Å². The van der Waals surface area contributed by atoms with E-state index in [2.05, 4.69) is 44.1 Å².